The third-order valence-corrected chi connectivity index (χ3v) is 3.91. The Morgan fingerprint density at radius 2 is 1.81 bits per heavy atom. The Balaban J connectivity index is 0.00000243. The van der Waals surface area contributed by atoms with Gasteiger partial charge in [-0.2, -0.15) is 5.10 Å². The molecule has 26 heavy (non-hydrogen) atoms. The van der Waals surface area contributed by atoms with Crippen molar-refractivity contribution in [1.29, 1.82) is 0 Å². The minimum Gasteiger partial charge on any atom is -0.369 e. The predicted octanol–water partition coefficient (Wildman–Crippen LogP) is 3.50. The Bertz CT molecular complexity index is 829. The number of fused-ring (bicyclic) bond motifs is 1. The summed E-state index contributed by atoms with van der Waals surface area (Å²) in [6.07, 6.45) is 4.74. The number of H-pyrrole nitrogens is 1. The van der Waals surface area contributed by atoms with Gasteiger partial charge in [0, 0.05) is 30.5 Å². The molecule has 0 unspecified atom stereocenters. The zero-order valence-electron chi connectivity index (χ0n) is 13.8. The van der Waals surface area contributed by atoms with Crippen LogP contribution >= 0.6 is 35.6 Å². The molecule has 2 N–H and O–H groups in total. The number of aromatic amines is 1. The van der Waals surface area contributed by atoms with E-state index in [9.17, 15) is 0 Å². The first-order valence-electron chi connectivity index (χ1n) is 7.72. The summed E-state index contributed by atoms with van der Waals surface area (Å²) in [6, 6.07) is 8.03. The lowest BCUT2D eigenvalue weighted by molar-refractivity contribution is 0.874. The summed E-state index contributed by atoms with van der Waals surface area (Å²) < 4.78 is 0. The van der Waals surface area contributed by atoms with Gasteiger partial charge < -0.3 is 9.88 Å². The summed E-state index contributed by atoms with van der Waals surface area (Å²) in [5.74, 6) is 1.70. The predicted molar refractivity (Wildman–Crippen MR) is 110 cm³/mol. The van der Waals surface area contributed by atoms with Crippen LogP contribution in [0, 0.1) is 0 Å². The van der Waals surface area contributed by atoms with E-state index in [-0.39, 0.29) is 12.4 Å². The van der Waals surface area contributed by atoms with Crippen LogP contribution in [0.3, 0.4) is 0 Å². The highest BCUT2D eigenvalue weighted by Gasteiger charge is 2.05. The van der Waals surface area contributed by atoms with E-state index in [0.29, 0.717) is 28.7 Å². The summed E-state index contributed by atoms with van der Waals surface area (Å²) in [6.45, 7) is 1.52. The van der Waals surface area contributed by atoms with E-state index < -0.39 is 0 Å². The van der Waals surface area contributed by atoms with Gasteiger partial charge in [-0.1, -0.05) is 12.1 Å². The van der Waals surface area contributed by atoms with E-state index in [1.807, 2.05) is 24.3 Å². The van der Waals surface area contributed by atoms with Gasteiger partial charge in [0.1, 0.15) is 11.8 Å². The maximum atomic E-state index is 5.84. The van der Waals surface area contributed by atoms with Crippen LogP contribution in [0.25, 0.3) is 11.2 Å². The van der Waals surface area contributed by atoms with Gasteiger partial charge in [0.2, 0.25) is 0 Å². The highest BCUT2D eigenvalue weighted by Crippen LogP contribution is 2.16. The third kappa shape index (κ3) is 4.97. The second kappa shape index (κ2) is 10.2. The van der Waals surface area contributed by atoms with Gasteiger partial charge in [0.05, 0.1) is 12.5 Å². The minimum atomic E-state index is 0. The lowest BCUT2D eigenvalue weighted by atomic mass is 10.2. The normalized spacial score (nSPS) is 10.8. The molecular weight excluding hydrogens is 397 g/mol. The maximum Gasteiger partial charge on any atom is 0.182 e. The molecule has 0 aliphatic carbocycles. The van der Waals surface area contributed by atoms with Crippen molar-refractivity contribution in [2.75, 3.05) is 35.2 Å². The van der Waals surface area contributed by atoms with Crippen LogP contribution in [0.2, 0.25) is 0 Å². The number of hydrogen-bond acceptors (Lipinski definition) is 6. The lowest BCUT2D eigenvalue weighted by Crippen LogP contribution is -2.27. The number of halogens is 3. The van der Waals surface area contributed by atoms with Gasteiger partial charge in [-0.05, 0) is 17.7 Å². The molecule has 3 aromatic rings. The van der Waals surface area contributed by atoms with Crippen LogP contribution < -0.4 is 10.3 Å². The number of nitrogens with one attached hydrogen (secondary N) is 2. The van der Waals surface area contributed by atoms with Crippen LogP contribution in [0.4, 0.5) is 11.5 Å². The molecule has 0 spiro atoms. The molecule has 0 aliphatic heterocycles. The number of benzene rings is 1. The Hall–Kier alpha value is -2.09. The highest BCUT2D eigenvalue weighted by atomic mass is 35.5. The van der Waals surface area contributed by atoms with Crippen molar-refractivity contribution in [3.8, 4) is 0 Å². The summed E-state index contributed by atoms with van der Waals surface area (Å²) in [5.41, 5.74) is 6.26. The van der Waals surface area contributed by atoms with Gasteiger partial charge in [-0.3, -0.25) is 5.43 Å². The fourth-order valence-corrected chi connectivity index (χ4v) is 2.77. The monoisotopic (exact) mass is 413 g/mol. The van der Waals surface area contributed by atoms with E-state index in [1.54, 1.807) is 12.5 Å². The molecular formula is C16H18Cl3N7. The smallest absolute Gasteiger partial charge is 0.182 e. The topological polar surface area (TPSA) is 82.1 Å². The van der Waals surface area contributed by atoms with Crippen molar-refractivity contribution in [1.82, 2.24) is 19.9 Å². The Kier molecular flexibility index (Phi) is 7.90. The fraction of sp³-hybridized carbons (Fsp3) is 0.250. The largest absolute Gasteiger partial charge is 0.369 e. The van der Waals surface area contributed by atoms with Crippen LogP contribution in [0.1, 0.15) is 5.56 Å². The molecule has 0 aliphatic rings. The number of hydrazone groups is 1. The average molecular weight is 415 g/mol. The van der Waals surface area contributed by atoms with Crippen LogP contribution in [0.15, 0.2) is 42.0 Å². The second-order valence-electron chi connectivity index (χ2n) is 5.15. The molecule has 0 fully saturated rings. The quantitative estimate of drug-likeness (QED) is 0.335. The maximum absolute atomic E-state index is 5.84. The zero-order chi connectivity index (χ0) is 17.5. The molecule has 138 valence electrons. The van der Waals surface area contributed by atoms with E-state index >= 15 is 0 Å². The molecule has 7 nitrogen and oxygen atoms in total. The van der Waals surface area contributed by atoms with E-state index in [4.69, 9.17) is 23.2 Å². The summed E-state index contributed by atoms with van der Waals surface area (Å²) in [4.78, 5) is 17.4. The van der Waals surface area contributed by atoms with Crippen molar-refractivity contribution in [2.24, 2.45) is 5.10 Å². The van der Waals surface area contributed by atoms with Crippen molar-refractivity contribution in [3.63, 3.8) is 0 Å². The van der Waals surface area contributed by atoms with Gasteiger partial charge in [-0.15, -0.1) is 35.6 Å². The molecule has 2 aromatic heterocycles. The standard InChI is InChI=1S/C16H17Cl2N7.ClH/c17-5-7-25(8-6-18)13-3-1-12(2-4-13)9-23-24-16-14-15(20-10-19-14)21-11-22-16;/h1-4,9-11H,5-8H2,(H2,19,20,21,22,24);1H/b23-9+;. The van der Waals surface area contributed by atoms with Crippen molar-refractivity contribution in [3.05, 3.63) is 42.5 Å². The molecule has 10 heteroatoms. The van der Waals surface area contributed by atoms with Crippen molar-refractivity contribution < 1.29 is 0 Å². The van der Waals surface area contributed by atoms with Gasteiger partial charge in [0.15, 0.2) is 11.5 Å². The number of imidazole rings is 1. The molecule has 0 atom stereocenters. The van der Waals surface area contributed by atoms with Crippen molar-refractivity contribution >= 4 is 64.5 Å². The summed E-state index contributed by atoms with van der Waals surface area (Å²) in [5, 5.41) is 4.22. The molecule has 0 amide bonds. The number of aromatic nitrogens is 4. The van der Waals surface area contributed by atoms with Gasteiger partial charge in [0.25, 0.3) is 0 Å². The second-order valence-corrected chi connectivity index (χ2v) is 5.91. The third-order valence-electron chi connectivity index (χ3n) is 3.57. The first-order chi connectivity index (χ1) is 12.3. The number of hydrogen-bond donors (Lipinski definition) is 2. The lowest BCUT2D eigenvalue weighted by Gasteiger charge is -2.22. The number of anilines is 2. The molecule has 0 bridgehead atoms. The molecule has 0 saturated heterocycles. The first-order valence-corrected chi connectivity index (χ1v) is 8.79. The molecule has 1 aromatic carbocycles. The van der Waals surface area contributed by atoms with Gasteiger partial charge in [-0.25, -0.2) is 15.0 Å². The Morgan fingerprint density at radius 1 is 1.08 bits per heavy atom. The Morgan fingerprint density at radius 3 is 2.50 bits per heavy atom. The van der Waals surface area contributed by atoms with E-state index in [2.05, 4.69) is 35.4 Å². The van der Waals surface area contributed by atoms with Crippen LogP contribution in [0.5, 0.6) is 0 Å². The van der Waals surface area contributed by atoms with Crippen LogP contribution in [-0.2, 0) is 0 Å². The average Bonchev–Trinajstić information content (AvgIpc) is 3.12. The van der Waals surface area contributed by atoms with Crippen LogP contribution in [-0.4, -0.2) is 51.0 Å². The first kappa shape index (κ1) is 20.2. The highest BCUT2D eigenvalue weighted by molar-refractivity contribution is 6.18. The summed E-state index contributed by atoms with van der Waals surface area (Å²) >= 11 is 11.7. The number of alkyl halides is 2. The van der Waals surface area contributed by atoms with Gasteiger partial charge >= 0.3 is 0 Å². The van der Waals surface area contributed by atoms with E-state index in [0.717, 1.165) is 24.3 Å². The number of nitrogens with zero attached hydrogens (tertiary/aromatic N) is 5. The summed E-state index contributed by atoms with van der Waals surface area (Å²) in [7, 11) is 0. The molecule has 0 saturated carbocycles. The fourth-order valence-electron chi connectivity index (χ4n) is 2.36. The molecule has 0 radical (unpaired) electrons. The molecule has 2 heterocycles. The van der Waals surface area contributed by atoms with E-state index in [1.165, 1.54) is 6.33 Å². The zero-order valence-corrected chi connectivity index (χ0v) is 16.1. The minimum absolute atomic E-state index is 0. The molecule has 3 rings (SSSR count). The van der Waals surface area contributed by atoms with Crippen molar-refractivity contribution in [2.45, 2.75) is 0 Å². The Labute approximate surface area is 167 Å². The number of rotatable bonds is 8. The SMILES string of the molecule is Cl.ClCCN(CCCl)c1ccc(/C=N/Nc2ncnc3nc[nH]c23)cc1.